The average Bonchev–Trinajstić information content (AvgIpc) is 2.50. The highest BCUT2D eigenvalue weighted by atomic mass is 19.1. The Morgan fingerprint density at radius 1 is 1.32 bits per heavy atom. The molecule has 0 aliphatic carbocycles. The van der Waals surface area contributed by atoms with E-state index < -0.39 is 11.2 Å². The first kappa shape index (κ1) is 14.1. The van der Waals surface area contributed by atoms with Crippen molar-refractivity contribution in [3.63, 3.8) is 0 Å². The van der Waals surface area contributed by atoms with Gasteiger partial charge in [0.15, 0.2) is 11.5 Å². The summed E-state index contributed by atoms with van der Waals surface area (Å²) in [6.07, 6.45) is 7.76. The van der Waals surface area contributed by atoms with E-state index in [1.165, 1.54) is 25.3 Å². The van der Waals surface area contributed by atoms with Gasteiger partial charge >= 0.3 is 0 Å². The van der Waals surface area contributed by atoms with Crippen LogP contribution in [0, 0.1) is 0 Å². The quantitative estimate of drug-likeness (QED) is 0.838. The van der Waals surface area contributed by atoms with Gasteiger partial charge in [0.2, 0.25) is 5.43 Å². The molecule has 4 nitrogen and oxygen atoms in total. The van der Waals surface area contributed by atoms with Crippen LogP contribution in [0.5, 0.6) is 5.75 Å². The molecule has 0 fully saturated rings. The molecular weight excluding hydrogens is 283 g/mol. The molecule has 2 aromatic rings. The molecule has 112 valence electrons. The SMILES string of the molecule is CC1(F)C=CC(c2cccc(-n3ccc(=O)c(O)c3)c2)=CN1. The van der Waals surface area contributed by atoms with Crippen molar-refractivity contribution in [2.45, 2.75) is 12.7 Å². The van der Waals surface area contributed by atoms with Gasteiger partial charge < -0.3 is 15.0 Å². The van der Waals surface area contributed by atoms with E-state index in [1.54, 1.807) is 23.0 Å². The number of nitrogens with one attached hydrogen (secondary N) is 1. The molecule has 1 aromatic heterocycles. The Kier molecular flexibility index (Phi) is 3.33. The summed E-state index contributed by atoms with van der Waals surface area (Å²) >= 11 is 0. The Bertz CT molecular complexity index is 835. The minimum Gasteiger partial charge on any atom is -0.503 e. The number of alkyl halides is 1. The standard InChI is InChI=1S/C17H15FN2O2/c1-17(18)7-5-13(10-19-17)12-3-2-4-14(9-12)20-8-6-15(21)16(22)11-20/h2-11,19,22H,1H3. The third-order valence-corrected chi connectivity index (χ3v) is 3.46. The number of dihydropyridines is 1. The number of aromatic nitrogens is 1. The van der Waals surface area contributed by atoms with Crippen molar-refractivity contribution in [2.75, 3.05) is 0 Å². The Balaban J connectivity index is 1.97. The Hall–Kier alpha value is -2.82. The highest BCUT2D eigenvalue weighted by molar-refractivity contribution is 5.76. The molecule has 0 saturated heterocycles. The zero-order chi connectivity index (χ0) is 15.7. The molecule has 1 aromatic carbocycles. The summed E-state index contributed by atoms with van der Waals surface area (Å²) in [7, 11) is 0. The first-order chi connectivity index (χ1) is 10.4. The lowest BCUT2D eigenvalue weighted by Gasteiger charge is -2.21. The predicted molar refractivity (Wildman–Crippen MR) is 83.5 cm³/mol. The second-order valence-corrected chi connectivity index (χ2v) is 5.30. The number of benzene rings is 1. The molecule has 0 radical (unpaired) electrons. The van der Waals surface area contributed by atoms with Crippen LogP contribution in [0.3, 0.4) is 0 Å². The molecule has 2 N–H and O–H groups in total. The van der Waals surface area contributed by atoms with Gasteiger partial charge in [-0.1, -0.05) is 18.2 Å². The van der Waals surface area contributed by atoms with E-state index in [0.29, 0.717) is 0 Å². The highest BCUT2D eigenvalue weighted by Gasteiger charge is 2.20. The van der Waals surface area contributed by atoms with Crippen molar-refractivity contribution in [2.24, 2.45) is 0 Å². The number of aromatic hydroxyl groups is 1. The van der Waals surface area contributed by atoms with Gasteiger partial charge in [-0.3, -0.25) is 4.79 Å². The molecule has 1 atom stereocenters. The smallest absolute Gasteiger partial charge is 0.223 e. The van der Waals surface area contributed by atoms with E-state index in [0.717, 1.165) is 16.8 Å². The number of pyridine rings is 1. The van der Waals surface area contributed by atoms with Crippen molar-refractivity contribution in [3.8, 4) is 11.4 Å². The molecule has 0 bridgehead atoms. The van der Waals surface area contributed by atoms with Crippen LogP contribution in [0.4, 0.5) is 4.39 Å². The first-order valence-corrected chi connectivity index (χ1v) is 6.83. The fourth-order valence-electron chi connectivity index (χ4n) is 2.22. The number of hydrogen-bond acceptors (Lipinski definition) is 3. The van der Waals surface area contributed by atoms with Crippen molar-refractivity contribution in [3.05, 3.63) is 76.9 Å². The molecule has 0 saturated carbocycles. The maximum absolute atomic E-state index is 13.7. The number of rotatable bonds is 2. The van der Waals surface area contributed by atoms with Crippen LogP contribution in [-0.2, 0) is 0 Å². The van der Waals surface area contributed by atoms with Crippen LogP contribution >= 0.6 is 0 Å². The Morgan fingerprint density at radius 2 is 2.14 bits per heavy atom. The monoisotopic (exact) mass is 298 g/mol. The van der Waals surface area contributed by atoms with Gasteiger partial charge in [0.05, 0.1) is 6.20 Å². The zero-order valence-electron chi connectivity index (χ0n) is 12.0. The second-order valence-electron chi connectivity index (χ2n) is 5.30. The first-order valence-electron chi connectivity index (χ1n) is 6.83. The topological polar surface area (TPSA) is 54.3 Å². The van der Waals surface area contributed by atoms with Crippen molar-refractivity contribution in [1.29, 1.82) is 0 Å². The summed E-state index contributed by atoms with van der Waals surface area (Å²) in [6, 6.07) is 8.82. The lowest BCUT2D eigenvalue weighted by molar-refractivity contribution is 0.225. The summed E-state index contributed by atoms with van der Waals surface area (Å²) in [5, 5.41) is 12.2. The van der Waals surface area contributed by atoms with E-state index in [2.05, 4.69) is 5.32 Å². The minimum atomic E-state index is -1.54. The lowest BCUT2D eigenvalue weighted by Crippen LogP contribution is -2.33. The van der Waals surface area contributed by atoms with Crippen molar-refractivity contribution >= 4 is 5.57 Å². The number of nitrogens with zero attached hydrogens (tertiary/aromatic N) is 1. The summed E-state index contributed by atoms with van der Waals surface area (Å²) in [5.74, 6) is -1.84. The van der Waals surface area contributed by atoms with Gasteiger partial charge in [-0.15, -0.1) is 0 Å². The fourth-order valence-corrected chi connectivity index (χ4v) is 2.22. The van der Waals surface area contributed by atoms with Crippen LogP contribution < -0.4 is 10.7 Å². The number of allylic oxidation sites excluding steroid dienone is 2. The van der Waals surface area contributed by atoms with Gasteiger partial charge in [0.25, 0.3) is 0 Å². The van der Waals surface area contributed by atoms with E-state index in [-0.39, 0.29) is 5.75 Å². The van der Waals surface area contributed by atoms with Gasteiger partial charge in [-0.25, -0.2) is 4.39 Å². The van der Waals surface area contributed by atoms with Crippen LogP contribution in [0.15, 0.2) is 65.9 Å². The van der Waals surface area contributed by atoms with E-state index >= 15 is 0 Å². The fraction of sp³-hybridized carbons (Fsp3) is 0.118. The van der Waals surface area contributed by atoms with Gasteiger partial charge in [-0.05, 0) is 36.3 Å². The summed E-state index contributed by atoms with van der Waals surface area (Å²) < 4.78 is 15.3. The van der Waals surface area contributed by atoms with Gasteiger partial charge in [-0.2, -0.15) is 0 Å². The zero-order valence-corrected chi connectivity index (χ0v) is 12.0. The Morgan fingerprint density at radius 3 is 2.82 bits per heavy atom. The maximum Gasteiger partial charge on any atom is 0.223 e. The van der Waals surface area contributed by atoms with E-state index in [1.807, 2.05) is 24.3 Å². The highest BCUT2D eigenvalue weighted by Crippen LogP contribution is 2.24. The molecule has 0 spiro atoms. The van der Waals surface area contributed by atoms with Crippen molar-refractivity contribution in [1.82, 2.24) is 9.88 Å². The number of hydrogen-bond donors (Lipinski definition) is 2. The third-order valence-electron chi connectivity index (χ3n) is 3.46. The van der Waals surface area contributed by atoms with Crippen molar-refractivity contribution < 1.29 is 9.50 Å². The third kappa shape index (κ3) is 2.79. The van der Waals surface area contributed by atoms with Crippen LogP contribution in [-0.4, -0.2) is 15.5 Å². The molecule has 2 heterocycles. The second kappa shape index (κ2) is 5.18. The van der Waals surface area contributed by atoms with E-state index in [4.69, 9.17) is 0 Å². The molecule has 5 heteroatoms. The maximum atomic E-state index is 13.7. The molecular formula is C17H15FN2O2. The molecule has 1 unspecified atom stereocenters. The molecule has 22 heavy (non-hydrogen) atoms. The van der Waals surface area contributed by atoms with Crippen LogP contribution in [0.25, 0.3) is 11.3 Å². The molecule has 3 rings (SSSR count). The molecule has 1 aliphatic heterocycles. The largest absolute Gasteiger partial charge is 0.503 e. The van der Waals surface area contributed by atoms with Gasteiger partial charge in [0.1, 0.15) is 0 Å². The normalized spacial score (nSPS) is 20.4. The summed E-state index contributed by atoms with van der Waals surface area (Å²) in [4.78, 5) is 11.3. The minimum absolute atomic E-state index is 0.306. The van der Waals surface area contributed by atoms with Gasteiger partial charge in [0, 0.05) is 24.2 Å². The molecule has 0 amide bonds. The van der Waals surface area contributed by atoms with Crippen LogP contribution in [0.1, 0.15) is 12.5 Å². The lowest BCUT2D eigenvalue weighted by atomic mass is 10.0. The number of halogens is 1. The average molecular weight is 298 g/mol. The summed E-state index contributed by atoms with van der Waals surface area (Å²) in [6.45, 7) is 1.44. The predicted octanol–water partition coefficient (Wildman–Crippen LogP) is 2.73. The Labute approximate surface area is 126 Å². The van der Waals surface area contributed by atoms with Crippen LogP contribution in [0.2, 0.25) is 0 Å². The summed E-state index contributed by atoms with van der Waals surface area (Å²) in [5.41, 5.74) is 2.12. The van der Waals surface area contributed by atoms with E-state index in [9.17, 15) is 14.3 Å². The molecule has 1 aliphatic rings.